The van der Waals surface area contributed by atoms with Crippen LogP contribution < -0.4 is 5.73 Å². The molecule has 1 unspecified atom stereocenters. The molecule has 0 amide bonds. The number of nitrogens with zero attached hydrogens (tertiary/aromatic N) is 2. The van der Waals surface area contributed by atoms with E-state index < -0.39 is 0 Å². The molecular weight excluding hydrogens is 186 g/mol. The summed E-state index contributed by atoms with van der Waals surface area (Å²) < 4.78 is 0. The molecule has 0 spiro atoms. The predicted octanol–water partition coefficient (Wildman–Crippen LogP) is 0.894. The molecule has 0 aromatic heterocycles. The first kappa shape index (κ1) is 11.4. The number of hydrogen-bond donors (Lipinski definition) is 1. The van der Waals surface area contributed by atoms with E-state index in [2.05, 4.69) is 23.8 Å². The lowest BCUT2D eigenvalue weighted by Crippen LogP contribution is -2.56. The Morgan fingerprint density at radius 1 is 1.27 bits per heavy atom. The van der Waals surface area contributed by atoms with Gasteiger partial charge in [-0.05, 0) is 26.8 Å². The summed E-state index contributed by atoms with van der Waals surface area (Å²) in [6.07, 6.45) is 5.13. The molecule has 0 radical (unpaired) electrons. The van der Waals surface area contributed by atoms with E-state index in [0.717, 1.165) is 6.54 Å². The molecule has 2 aliphatic rings. The molecule has 2 fully saturated rings. The summed E-state index contributed by atoms with van der Waals surface area (Å²) in [5.41, 5.74) is 6.55. The van der Waals surface area contributed by atoms with Gasteiger partial charge in [0.25, 0.3) is 0 Å². The highest BCUT2D eigenvalue weighted by atomic mass is 15.3. The lowest BCUT2D eigenvalue weighted by molar-refractivity contribution is 0.0867. The van der Waals surface area contributed by atoms with Crippen molar-refractivity contribution in [3.63, 3.8) is 0 Å². The van der Waals surface area contributed by atoms with Crippen LogP contribution in [0.2, 0.25) is 0 Å². The van der Waals surface area contributed by atoms with Gasteiger partial charge in [0.1, 0.15) is 0 Å². The van der Waals surface area contributed by atoms with Gasteiger partial charge < -0.3 is 10.6 Å². The van der Waals surface area contributed by atoms with Gasteiger partial charge in [0, 0.05) is 37.8 Å². The van der Waals surface area contributed by atoms with Gasteiger partial charge in [-0.25, -0.2) is 0 Å². The monoisotopic (exact) mass is 211 g/mol. The Kier molecular flexibility index (Phi) is 3.33. The molecule has 88 valence electrons. The van der Waals surface area contributed by atoms with Crippen LogP contribution in [-0.4, -0.2) is 54.6 Å². The number of piperazine rings is 1. The van der Waals surface area contributed by atoms with E-state index in [1.165, 1.54) is 45.3 Å². The molecular formula is C12H25N3. The lowest BCUT2D eigenvalue weighted by atomic mass is 9.97. The van der Waals surface area contributed by atoms with Crippen molar-refractivity contribution < 1.29 is 0 Å². The van der Waals surface area contributed by atoms with Gasteiger partial charge in [0.2, 0.25) is 0 Å². The van der Waals surface area contributed by atoms with Crippen molar-refractivity contribution in [2.75, 3.05) is 33.2 Å². The number of hydrogen-bond acceptors (Lipinski definition) is 3. The molecule has 3 nitrogen and oxygen atoms in total. The van der Waals surface area contributed by atoms with E-state index in [0.29, 0.717) is 6.04 Å². The van der Waals surface area contributed by atoms with Gasteiger partial charge in [0.05, 0.1) is 0 Å². The summed E-state index contributed by atoms with van der Waals surface area (Å²) in [6.45, 7) is 7.00. The first-order chi connectivity index (χ1) is 7.09. The summed E-state index contributed by atoms with van der Waals surface area (Å²) in [7, 11) is 2.22. The fraction of sp³-hybridized carbons (Fsp3) is 1.00. The average molecular weight is 211 g/mol. The van der Waals surface area contributed by atoms with Crippen LogP contribution >= 0.6 is 0 Å². The van der Waals surface area contributed by atoms with E-state index in [-0.39, 0.29) is 5.54 Å². The van der Waals surface area contributed by atoms with Crippen LogP contribution in [0, 0.1) is 0 Å². The van der Waals surface area contributed by atoms with Gasteiger partial charge in [0.15, 0.2) is 0 Å². The molecule has 1 heterocycles. The first-order valence-corrected chi connectivity index (χ1v) is 6.31. The van der Waals surface area contributed by atoms with Gasteiger partial charge in [-0.15, -0.1) is 0 Å². The fourth-order valence-electron chi connectivity index (χ4n) is 2.95. The van der Waals surface area contributed by atoms with Crippen molar-refractivity contribution in [2.45, 2.75) is 44.2 Å². The van der Waals surface area contributed by atoms with E-state index in [4.69, 9.17) is 5.73 Å². The lowest BCUT2D eigenvalue weighted by Gasteiger charge is -2.41. The highest BCUT2D eigenvalue weighted by molar-refractivity contribution is 4.93. The zero-order valence-electron chi connectivity index (χ0n) is 10.2. The molecule has 1 saturated heterocycles. The van der Waals surface area contributed by atoms with Crippen LogP contribution in [0.5, 0.6) is 0 Å². The SMILES string of the molecule is CC1CN(CC2(N)CCCC2)CCN1C. The minimum Gasteiger partial charge on any atom is -0.324 e. The first-order valence-electron chi connectivity index (χ1n) is 6.31. The van der Waals surface area contributed by atoms with E-state index >= 15 is 0 Å². The smallest absolute Gasteiger partial charge is 0.0283 e. The van der Waals surface area contributed by atoms with Crippen LogP contribution in [0.3, 0.4) is 0 Å². The zero-order chi connectivity index (χ0) is 10.9. The highest BCUT2D eigenvalue weighted by Crippen LogP contribution is 2.28. The van der Waals surface area contributed by atoms with E-state index in [1.54, 1.807) is 0 Å². The molecule has 15 heavy (non-hydrogen) atoms. The molecule has 0 aromatic carbocycles. The van der Waals surface area contributed by atoms with Crippen molar-refractivity contribution in [3.8, 4) is 0 Å². The van der Waals surface area contributed by atoms with Crippen molar-refractivity contribution in [2.24, 2.45) is 5.73 Å². The van der Waals surface area contributed by atoms with Crippen LogP contribution in [-0.2, 0) is 0 Å². The minimum atomic E-state index is 0.135. The Bertz CT molecular complexity index is 211. The van der Waals surface area contributed by atoms with Gasteiger partial charge in [-0.2, -0.15) is 0 Å². The molecule has 1 aliphatic carbocycles. The highest BCUT2D eigenvalue weighted by Gasteiger charge is 2.33. The molecule has 1 saturated carbocycles. The largest absolute Gasteiger partial charge is 0.324 e. The summed E-state index contributed by atoms with van der Waals surface area (Å²) >= 11 is 0. The van der Waals surface area contributed by atoms with Crippen LogP contribution in [0.4, 0.5) is 0 Å². The van der Waals surface area contributed by atoms with Crippen molar-refractivity contribution in [1.29, 1.82) is 0 Å². The normalized spacial score (nSPS) is 33.4. The van der Waals surface area contributed by atoms with Crippen molar-refractivity contribution >= 4 is 0 Å². The minimum absolute atomic E-state index is 0.135. The second-order valence-corrected chi connectivity index (χ2v) is 5.63. The number of likely N-dealkylation sites (N-methyl/N-ethyl adjacent to an activating group) is 1. The quantitative estimate of drug-likeness (QED) is 0.736. The van der Waals surface area contributed by atoms with Crippen molar-refractivity contribution in [1.82, 2.24) is 9.80 Å². The molecule has 2 rings (SSSR count). The second-order valence-electron chi connectivity index (χ2n) is 5.63. The zero-order valence-corrected chi connectivity index (χ0v) is 10.2. The van der Waals surface area contributed by atoms with Gasteiger partial charge in [-0.1, -0.05) is 12.8 Å². The van der Waals surface area contributed by atoms with Crippen molar-refractivity contribution in [3.05, 3.63) is 0 Å². The summed E-state index contributed by atoms with van der Waals surface area (Å²) in [5.74, 6) is 0. The molecule has 1 atom stereocenters. The van der Waals surface area contributed by atoms with Crippen LogP contribution in [0.1, 0.15) is 32.6 Å². The molecule has 1 aliphatic heterocycles. The standard InChI is InChI=1S/C12H25N3/c1-11-9-15(8-7-14(11)2)10-12(13)5-3-4-6-12/h11H,3-10,13H2,1-2H3. The third kappa shape index (κ3) is 2.71. The maximum absolute atomic E-state index is 6.41. The molecule has 3 heteroatoms. The maximum Gasteiger partial charge on any atom is 0.0283 e. The molecule has 0 bridgehead atoms. The predicted molar refractivity (Wildman–Crippen MR) is 63.9 cm³/mol. The van der Waals surface area contributed by atoms with Crippen LogP contribution in [0.15, 0.2) is 0 Å². The Labute approximate surface area is 93.6 Å². The fourth-order valence-corrected chi connectivity index (χ4v) is 2.95. The summed E-state index contributed by atoms with van der Waals surface area (Å²) in [6, 6.07) is 0.684. The van der Waals surface area contributed by atoms with E-state index in [9.17, 15) is 0 Å². The van der Waals surface area contributed by atoms with Gasteiger partial charge in [-0.3, -0.25) is 4.90 Å². The third-order valence-electron chi connectivity index (χ3n) is 4.18. The Morgan fingerprint density at radius 3 is 2.53 bits per heavy atom. The molecule has 0 aromatic rings. The number of rotatable bonds is 2. The topological polar surface area (TPSA) is 32.5 Å². The maximum atomic E-state index is 6.41. The number of nitrogens with two attached hydrogens (primary N) is 1. The van der Waals surface area contributed by atoms with Crippen LogP contribution in [0.25, 0.3) is 0 Å². The Morgan fingerprint density at radius 2 is 1.93 bits per heavy atom. The summed E-state index contributed by atoms with van der Waals surface area (Å²) in [4.78, 5) is 5.00. The second kappa shape index (κ2) is 4.40. The molecule has 2 N–H and O–H groups in total. The van der Waals surface area contributed by atoms with E-state index in [1.807, 2.05) is 0 Å². The Hall–Kier alpha value is -0.120. The van der Waals surface area contributed by atoms with Gasteiger partial charge >= 0.3 is 0 Å². The average Bonchev–Trinajstić information content (AvgIpc) is 2.59. The Balaban J connectivity index is 1.84. The summed E-state index contributed by atoms with van der Waals surface area (Å²) in [5, 5.41) is 0. The third-order valence-corrected chi connectivity index (χ3v) is 4.18.